The van der Waals surface area contributed by atoms with Gasteiger partial charge in [0.25, 0.3) is 0 Å². The van der Waals surface area contributed by atoms with Gasteiger partial charge >= 0.3 is 5.97 Å². The molecule has 0 aliphatic carbocycles. The van der Waals surface area contributed by atoms with Crippen LogP contribution in [0.15, 0.2) is 41.7 Å². The lowest BCUT2D eigenvalue weighted by atomic mass is 10.2. The van der Waals surface area contributed by atoms with E-state index in [0.29, 0.717) is 19.4 Å². The summed E-state index contributed by atoms with van der Waals surface area (Å²) in [5.74, 6) is -0.411. The highest BCUT2D eigenvalue weighted by atomic mass is 16.5. The number of hydrogen-bond donors (Lipinski definition) is 2. The third kappa shape index (κ3) is 4.59. The number of para-hydroxylation sites is 1. The fourth-order valence-electron chi connectivity index (χ4n) is 1.26. The van der Waals surface area contributed by atoms with Crippen molar-refractivity contribution >= 4 is 5.97 Å². The van der Waals surface area contributed by atoms with Crippen molar-refractivity contribution in [2.75, 3.05) is 6.61 Å². The van der Waals surface area contributed by atoms with E-state index >= 15 is 0 Å². The standard InChI is InChI=1S/C13H16O4/c1-10(13(15)16)12(14)8-5-9-17-11-6-3-2-4-7-11/h2-4,6-7,14H,5,8-9H2,1H3,(H,15,16). The number of carboxylic acids is 1. The van der Waals surface area contributed by atoms with Gasteiger partial charge in [-0.15, -0.1) is 0 Å². The number of aliphatic hydroxyl groups excluding tert-OH is 1. The normalized spacial score (nSPS) is 11.8. The second kappa shape index (κ2) is 6.58. The van der Waals surface area contributed by atoms with Crippen molar-refractivity contribution in [2.45, 2.75) is 19.8 Å². The fourth-order valence-corrected chi connectivity index (χ4v) is 1.26. The van der Waals surface area contributed by atoms with Gasteiger partial charge in [-0.3, -0.25) is 0 Å². The number of aliphatic hydroxyl groups is 1. The van der Waals surface area contributed by atoms with E-state index in [1.54, 1.807) is 0 Å². The van der Waals surface area contributed by atoms with Crippen LogP contribution in [0.25, 0.3) is 0 Å². The second-order valence-corrected chi connectivity index (χ2v) is 3.64. The molecular formula is C13H16O4. The molecule has 0 aliphatic rings. The Kier molecular flexibility index (Phi) is 5.07. The molecule has 2 N–H and O–H groups in total. The van der Waals surface area contributed by atoms with Crippen molar-refractivity contribution < 1.29 is 19.7 Å². The highest BCUT2D eigenvalue weighted by Gasteiger charge is 2.07. The first-order chi connectivity index (χ1) is 8.11. The van der Waals surface area contributed by atoms with Crippen LogP contribution in [-0.4, -0.2) is 22.8 Å². The lowest BCUT2D eigenvalue weighted by Crippen LogP contribution is -2.03. The Morgan fingerprint density at radius 2 is 1.88 bits per heavy atom. The Morgan fingerprint density at radius 1 is 1.24 bits per heavy atom. The van der Waals surface area contributed by atoms with Crippen LogP contribution in [0.4, 0.5) is 0 Å². The molecule has 0 bridgehead atoms. The molecule has 4 nitrogen and oxygen atoms in total. The van der Waals surface area contributed by atoms with Crippen molar-refractivity contribution in [3.05, 3.63) is 41.7 Å². The number of carbonyl (C=O) groups is 1. The summed E-state index contributed by atoms with van der Waals surface area (Å²) in [6.07, 6.45) is 0.885. The van der Waals surface area contributed by atoms with Crippen LogP contribution in [0, 0.1) is 0 Å². The maximum Gasteiger partial charge on any atom is 0.334 e. The van der Waals surface area contributed by atoms with Gasteiger partial charge in [-0.1, -0.05) is 18.2 Å². The van der Waals surface area contributed by atoms with E-state index in [0.717, 1.165) is 5.75 Å². The molecule has 0 saturated carbocycles. The van der Waals surface area contributed by atoms with Crippen LogP contribution in [0.3, 0.4) is 0 Å². The zero-order valence-corrected chi connectivity index (χ0v) is 9.72. The predicted octanol–water partition coefficient (Wildman–Crippen LogP) is 2.76. The first-order valence-corrected chi connectivity index (χ1v) is 5.41. The number of carboxylic acid groups (broad SMARTS) is 1. The highest BCUT2D eigenvalue weighted by Crippen LogP contribution is 2.11. The van der Waals surface area contributed by atoms with E-state index in [9.17, 15) is 9.90 Å². The van der Waals surface area contributed by atoms with E-state index < -0.39 is 5.97 Å². The molecule has 1 aromatic rings. The lowest BCUT2D eigenvalue weighted by Gasteiger charge is -2.06. The quantitative estimate of drug-likeness (QED) is 0.453. The number of hydrogen-bond acceptors (Lipinski definition) is 3. The molecule has 0 aliphatic heterocycles. The summed E-state index contributed by atoms with van der Waals surface area (Å²) < 4.78 is 5.42. The molecule has 0 atom stereocenters. The van der Waals surface area contributed by atoms with E-state index in [-0.39, 0.29) is 11.3 Å². The third-order valence-corrected chi connectivity index (χ3v) is 2.32. The SMILES string of the molecule is CC(C(=O)O)=C(O)CCCOc1ccccc1. The number of benzene rings is 1. The monoisotopic (exact) mass is 236 g/mol. The van der Waals surface area contributed by atoms with Crippen LogP contribution in [-0.2, 0) is 4.79 Å². The number of allylic oxidation sites excluding steroid dienone is 1. The largest absolute Gasteiger partial charge is 0.512 e. The second-order valence-electron chi connectivity index (χ2n) is 3.64. The van der Waals surface area contributed by atoms with Gasteiger partial charge in [-0.2, -0.15) is 0 Å². The summed E-state index contributed by atoms with van der Waals surface area (Å²) >= 11 is 0. The van der Waals surface area contributed by atoms with Gasteiger partial charge in [-0.05, 0) is 25.5 Å². The topological polar surface area (TPSA) is 66.8 Å². The molecule has 0 saturated heterocycles. The average molecular weight is 236 g/mol. The van der Waals surface area contributed by atoms with Crippen molar-refractivity contribution in [3.63, 3.8) is 0 Å². The average Bonchev–Trinajstić information content (AvgIpc) is 2.34. The summed E-state index contributed by atoms with van der Waals surface area (Å²) in [5, 5.41) is 18.1. The highest BCUT2D eigenvalue weighted by molar-refractivity contribution is 5.86. The number of aliphatic carboxylic acids is 1. The predicted molar refractivity (Wildman–Crippen MR) is 64.1 cm³/mol. The zero-order chi connectivity index (χ0) is 12.7. The molecule has 92 valence electrons. The minimum atomic E-state index is -1.09. The molecule has 0 unspecified atom stereocenters. The third-order valence-electron chi connectivity index (χ3n) is 2.32. The smallest absolute Gasteiger partial charge is 0.334 e. The molecule has 17 heavy (non-hydrogen) atoms. The van der Waals surface area contributed by atoms with Crippen LogP contribution < -0.4 is 4.74 Å². The number of rotatable bonds is 6. The van der Waals surface area contributed by atoms with E-state index in [1.165, 1.54) is 6.92 Å². The summed E-state index contributed by atoms with van der Waals surface area (Å²) in [5.41, 5.74) is -0.00953. The lowest BCUT2D eigenvalue weighted by molar-refractivity contribution is -0.132. The first-order valence-electron chi connectivity index (χ1n) is 5.41. The summed E-state index contributed by atoms with van der Waals surface area (Å²) in [7, 11) is 0. The van der Waals surface area contributed by atoms with Crippen molar-refractivity contribution in [1.82, 2.24) is 0 Å². The van der Waals surface area contributed by atoms with Crippen molar-refractivity contribution in [3.8, 4) is 5.75 Å². The first kappa shape index (κ1) is 13.1. The van der Waals surface area contributed by atoms with Gasteiger partial charge in [0.2, 0.25) is 0 Å². The van der Waals surface area contributed by atoms with Crippen LogP contribution in [0.2, 0.25) is 0 Å². The Bertz CT molecular complexity index is 395. The van der Waals surface area contributed by atoms with Crippen LogP contribution in [0.1, 0.15) is 19.8 Å². The van der Waals surface area contributed by atoms with Gasteiger partial charge in [0.15, 0.2) is 0 Å². The fraction of sp³-hybridized carbons (Fsp3) is 0.308. The molecule has 0 spiro atoms. The van der Waals surface area contributed by atoms with Crippen LogP contribution >= 0.6 is 0 Å². The van der Waals surface area contributed by atoms with Gasteiger partial charge in [0.05, 0.1) is 12.2 Å². The van der Waals surface area contributed by atoms with Crippen molar-refractivity contribution in [1.29, 1.82) is 0 Å². The zero-order valence-electron chi connectivity index (χ0n) is 9.72. The van der Waals surface area contributed by atoms with E-state index in [1.807, 2.05) is 30.3 Å². The Balaban J connectivity index is 2.30. The summed E-state index contributed by atoms with van der Waals surface area (Å²) in [4.78, 5) is 10.5. The van der Waals surface area contributed by atoms with Gasteiger partial charge in [-0.25, -0.2) is 4.79 Å². The Morgan fingerprint density at radius 3 is 2.47 bits per heavy atom. The maximum absolute atomic E-state index is 10.5. The summed E-state index contributed by atoms with van der Waals surface area (Å²) in [6.45, 7) is 1.83. The van der Waals surface area contributed by atoms with Gasteiger partial charge in [0.1, 0.15) is 11.5 Å². The molecule has 0 fully saturated rings. The molecule has 0 radical (unpaired) electrons. The van der Waals surface area contributed by atoms with Gasteiger partial charge in [0, 0.05) is 6.42 Å². The molecule has 1 rings (SSSR count). The Labute approximate surface area is 100 Å². The molecule has 1 aromatic carbocycles. The van der Waals surface area contributed by atoms with E-state index in [4.69, 9.17) is 9.84 Å². The molecular weight excluding hydrogens is 220 g/mol. The van der Waals surface area contributed by atoms with Crippen LogP contribution in [0.5, 0.6) is 5.75 Å². The minimum Gasteiger partial charge on any atom is -0.512 e. The molecule has 0 amide bonds. The van der Waals surface area contributed by atoms with E-state index in [2.05, 4.69) is 0 Å². The molecule has 0 aromatic heterocycles. The molecule has 0 heterocycles. The Hall–Kier alpha value is -1.97. The van der Waals surface area contributed by atoms with Gasteiger partial charge < -0.3 is 14.9 Å². The summed E-state index contributed by atoms with van der Waals surface area (Å²) in [6, 6.07) is 9.34. The maximum atomic E-state index is 10.5. The molecule has 4 heteroatoms. The number of ether oxygens (including phenoxy) is 1. The minimum absolute atomic E-state index is 0.00953. The van der Waals surface area contributed by atoms with Crippen molar-refractivity contribution in [2.24, 2.45) is 0 Å².